The summed E-state index contributed by atoms with van der Waals surface area (Å²) in [6.07, 6.45) is -3.63. The normalized spacial score (nSPS) is 28.2. The zero-order chi connectivity index (χ0) is 28.4. The van der Waals surface area contributed by atoms with Crippen molar-refractivity contribution < 1.29 is 53.4 Å². The number of ether oxygens (including phenoxy) is 4. The Balaban J connectivity index is 2.17. The van der Waals surface area contributed by atoms with Crippen molar-refractivity contribution in [3.05, 3.63) is 11.8 Å². The molecule has 0 saturated carbocycles. The standard InChI is InChI=1S/C23H36N4O11/c1-4-5-6-7-16(30)36-12(3)37-23(34)27-22(24)26-13-10-15(21(32)33)38-19(17(13)25-11(2)28)20-18(31)14(29)8-9-35-20/h10,12-14,17-20,29,31H,4-9H2,1-3H3,(H,25,28)(H,32,33)(H3,24,26,27,34)/t12?,13-,14+,17+,18+,19+,20+/m0/s1. The van der Waals surface area contributed by atoms with Gasteiger partial charge in [-0.2, -0.15) is 0 Å². The fourth-order valence-electron chi connectivity index (χ4n) is 3.99. The molecule has 2 rings (SSSR count). The van der Waals surface area contributed by atoms with Crippen LogP contribution in [0.15, 0.2) is 16.8 Å². The maximum atomic E-state index is 12.2. The summed E-state index contributed by atoms with van der Waals surface area (Å²) in [5, 5.41) is 34.8. The molecule has 2 aliphatic rings. The Hall–Kier alpha value is -3.43. The Bertz CT molecular complexity index is 925. The Morgan fingerprint density at radius 2 is 1.92 bits per heavy atom. The van der Waals surface area contributed by atoms with Crippen molar-refractivity contribution >= 4 is 29.9 Å². The minimum absolute atomic E-state index is 0.0481. The number of aliphatic carboxylic acids is 1. The van der Waals surface area contributed by atoms with Crippen LogP contribution >= 0.6 is 0 Å². The smallest absolute Gasteiger partial charge is 0.417 e. The highest BCUT2D eigenvalue weighted by molar-refractivity contribution is 5.93. The molecule has 0 aliphatic carbocycles. The van der Waals surface area contributed by atoms with Gasteiger partial charge in [0.25, 0.3) is 0 Å². The Morgan fingerprint density at radius 3 is 2.55 bits per heavy atom. The van der Waals surface area contributed by atoms with Crippen molar-refractivity contribution in [1.82, 2.24) is 10.6 Å². The van der Waals surface area contributed by atoms with Crippen LogP contribution in [-0.2, 0) is 33.3 Å². The fraction of sp³-hybridized carbons (Fsp3) is 0.696. The van der Waals surface area contributed by atoms with Crippen molar-refractivity contribution in [2.75, 3.05) is 6.61 Å². The lowest BCUT2D eigenvalue weighted by atomic mass is 9.88. The van der Waals surface area contributed by atoms with E-state index in [-0.39, 0.29) is 19.4 Å². The molecule has 7 N–H and O–H groups in total. The van der Waals surface area contributed by atoms with Crippen LogP contribution < -0.4 is 16.4 Å². The SMILES string of the molecule is CCCCCC(=O)OC(C)OC(=O)NC(N)=N[C@H]1C=C(C(=O)O)O[C@@H]([C@@H]2OCC[C@@H](O)[C@H]2O)[C@@H]1NC(C)=O. The minimum Gasteiger partial charge on any atom is -0.478 e. The number of esters is 1. The summed E-state index contributed by atoms with van der Waals surface area (Å²) in [5.74, 6) is -3.62. The number of unbranched alkanes of at least 4 members (excludes halogenated alkanes) is 2. The van der Waals surface area contributed by atoms with E-state index in [0.717, 1.165) is 18.9 Å². The third-order valence-corrected chi connectivity index (χ3v) is 5.74. The molecule has 2 aliphatic heterocycles. The number of carboxylic acid groups (broad SMARTS) is 1. The summed E-state index contributed by atoms with van der Waals surface area (Å²) < 4.78 is 21.0. The first-order chi connectivity index (χ1) is 17.9. The van der Waals surface area contributed by atoms with Crippen LogP contribution in [0.25, 0.3) is 0 Å². The van der Waals surface area contributed by atoms with Crippen molar-refractivity contribution in [2.24, 2.45) is 10.7 Å². The van der Waals surface area contributed by atoms with Crippen LogP contribution in [0.4, 0.5) is 4.79 Å². The van der Waals surface area contributed by atoms with E-state index < -0.39 is 78.4 Å². The summed E-state index contributed by atoms with van der Waals surface area (Å²) in [7, 11) is 0. The van der Waals surface area contributed by atoms with E-state index in [9.17, 15) is 34.5 Å². The number of amides is 2. The molecule has 0 aromatic heterocycles. The first-order valence-electron chi connectivity index (χ1n) is 12.3. The summed E-state index contributed by atoms with van der Waals surface area (Å²) in [5.41, 5.74) is 5.83. The lowest BCUT2D eigenvalue weighted by Crippen LogP contribution is -2.62. The lowest BCUT2D eigenvalue weighted by Gasteiger charge is -2.43. The maximum Gasteiger partial charge on any atom is 0.417 e. The molecular weight excluding hydrogens is 508 g/mol. The van der Waals surface area contributed by atoms with Gasteiger partial charge >= 0.3 is 18.0 Å². The second-order valence-corrected chi connectivity index (χ2v) is 8.88. The molecule has 2 amide bonds. The Labute approximate surface area is 219 Å². The van der Waals surface area contributed by atoms with E-state index in [2.05, 4.69) is 15.6 Å². The zero-order valence-corrected chi connectivity index (χ0v) is 21.5. The van der Waals surface area contributed by atoms with Crippen LogP contribution in [0.5, 0.6) is 0 Å². The number of guanidine groups is 1. The summed E-state index contributed by atoms with van der Waals surface area (Å²) in [4.78, 5) is 51.7. The van der Waals surface area contributed by atoms with Crippen LogP contribution in [0, 0.1) is 0 Å². The molecule has 1 fully saturated rings. The second kappa shape index (κ2) is 14.5. The molecule has 2 heterocycles. The number of carbonyl (C=O) groups is 4. The third-order valence-electron chi connectivity index (χ3n) is 5.74. The second-order valence-electron chi connectivity index (χ2n) is 8.88. The van der Waals surface area contributed by atoms with E-state index in [1.165, 1.54) is 13.8 Å². The van der Waals surface area contributed by atoms with Gasteiger partial charge in [0.05, 0.1) is 18.2 Å². The summed E-state index contributed by atoms with van der Waals surface area (Å²) >= 11 is 0. The van der Waals surface area contributed by atoms with Gasteiger partial charge in [-0.3, -0.25) is 14.9 Å². The number of alkyl carbamates (subject to hydrolysis) is 1. The average molecular weight is 545 g/mol. The van der Waals surface area contributed by atoms with Crippen LogP contribution in [0.2, 0.25) is 0 Å². The first-order valence-corrected chi connectivity index (χ1v) is 12.3. The largest absolute Gasteiger partial charge is 0.478 e. The topological polar surface area (TPSA) is 228 Å². The van der Waals surface area contributed by atoms with Gasteiger partial charge in [-0.1, -0.05) is 19.8 Å². The Kier molecular flexibility index (Phi) is 11.7. The van der Waals surface area contributed by atoms with Crippen molar-refractivity contribution in [1.29, 1.82) is 0 Å². The molecule has 0 aromatic carbocycles. The summed E-state index contributed by atoms with van der Waals surface area (Å²) in [6, 6.07) is -2.31. The monoisotopic (exact) mass is 544 g/mol. The first kappa shape index (κ1) is 30.8. The van der Waals surface area contributed by atoms with E-state index in [4.69, 9.17) is 24.7 Å². The lowest BCUT2D eigenvalue weighted by molar-refractivity contribution is -0.185. The number of carboxylic acids is 1. The van der Waals surface area contributed by atoms with E-state index >= 15 is 0 Å². The zero-order valence-electron chi connectivity index (χ0n) is 21.5. The highest BCUT2D eigenvalue weighted by atomic mass is 16.7. The number of aliphatic imine (C=N–C) groups is 1. The molecule has 0 spiro atoms. The maximum absolute atomic E-state index is 12.2. The van der Waals surface area contributed by atoms with Gasteiger partial charge < -0.3 is 45.3 Å². The van der Waals surface area contributed by atoms with Gasteiger partial charge in [-0.15, -0.1) is 0 Å². The number of nitrogens with one attached hydrogen (secondary N) is 2. The predicted octanol–water partition coefficient (Wildman–Crippen LogP) is -0.752. The van der Waals surface area contributed by atoms with Crippen LogP contribution in [0.1, 0.15) is 52.9 Å². The van der Waals surface area contributed by atoms with Crippen LogP contribution in [-0.4, -0.2) is 94.6 Å². The van der Waals surface area contributed by atoms with Gasteiger partial charge in [0, 0.05) is 26.9 Å². The molecule has 1 unspecified atom stereocenters. The highest BCUT2D eigenvalue weighted by Crippen LogP contribution is 2.29. The quantitative estimate of drug-likeness (QED) is 0.0656. The number of aliphatic hydroxyl groups is 2. The van der Waals surface area contributed by atoms with E-state index in [0.29, 0.717) is 6.42 Å². The van der Waals surface area contributed by atoms with Crippen molar-refractivity contribution in [3.8, 4) is 0 Å². The number of aliphatic hydroxyl groups excluding tert-OH is 2. The molecule has 15 heteroatoms. The molecule has 7 atom stereocenters. The molecule has 38 heavy (non-hydrogen) atoms. The number of carbonyl (C=O) groups excluding carboxylic acids is 3. The number of nitrogens with two attached hydrogens (primary N) is 1. The molecule has 0 aromatic rings. The van der Waals surface area contributed by atoms with Gasteiger partial charge in [0.1, 0.15) is 12.2 Å². The van der Waals surface area contributed by atoms with Gasteiger partial charge in [0.2, 0.25) is 18.0 Å². The summed E-state index contributed by atoms with van der Waals surface area (Å²) in [6.45, 7) is 4.58. The van der Waals surface area contributed by atoms with E-state index in [1.807, 2.05) is 6.92 Å². The molecule has 214 valence electrons. The van der Waals surface area contributed by atoms with Gasteiger partial charge in [0.15, 0.2) is 12.1 Å². The molecule has 0 radical (unpaired) electrons. The average Bonchev–Trinajstić information content (AvgIpc) is 2.81. The number of hydrogen-bond donors (Lipinski definition) is 6. The number of rotatable bonds is 10. The molecular formula is C23H36N4O11. The van der Waals surface area contributed by atoms with Gasteiger partial charge in [-0.25, -0.2) is 14.6 Å². The predicted molar refractivity (Wildman–Crippen MR) is 129 cm³/mol. The fourth-order valence-corrected chi connectivity index (χ4v) is 3.99. The van der Waals surface area contributed by atoms with Crippen LogP contribution in [0.3, 0.4) is 0 Å². The number of hydrogen-bond acceptors (Lipinski definition) is 11. The number of nitrogens with zero attached hydrogens (tertiary/aromatic N) is 1. The van der Waals surface area contributed by atoms with E-state index in [1.54, 1.807) is 0 Å². The van der Waals surface area contributed by atoms with Gasteiger partial charge in [-0.05, 0) is 18.9 Å². The minimum atomic E-state index is -1.47. The Morgan fingerprint density at radius 1 is 1.21 bits per heavy atom. The highest BCUT2D eigenvalue weighted by Gasteiger charge is 2.47. The van der Waals surface area contributed by atoms with Crippen molar-refractivity contribution in [3.63, 3.8) is 0 Å². The third kappa shape index (κ3) is 9.15. The van der Waals surface area contributed by atoms with Crippen molar-refractivity contribution in [2.45, 2.75) is 95.7 Å². The molecule has 1 saturated heterocycles. The molecule has 15 nitrogen and oxygen atoms in total. The molecule has 0 bridgehead atoms.